The van der Waals surface area contributed by atoms with E-state index >= 15 is 0 Å². The van der Waals surface area contributed by atoms with Gasteiger partial charge in [-0.25, -0.2) is 4.98 Å². The summed E-state index contributed by atoms with van der Waals surface area (Å²) in [7, 11) is 0. The maximum atomic E-state index is 7.79. The number of rotatable bonds is 2. The Bertz CT molecular complexity index is 441. The molecule has 1 fully saturated rings. The Hall–Kier alpha value is -0.610. The van der Waals surface area contributed by atoms with Crippen molar-refractivity contribution in [3.05, 3.63) is 22.8 Å². The van der Waals surface area contributed by atoms with Crippen LogP contribution in [0.25, 0.3) is 0 Å². The van der Waals surface area contributed by atoms with Crippen molar-refractivity contribution in [2.45, 2.75) is 6.08 Å². The van der Waals surface area contributed by atoms with E-state index in [9.17, 15) is 0 Å². The molecular formula is C8H9BrN2O. The van der Waals surface area contributed by atoms with E-state index in [4.69, 9.17) is 11.6 Å². The third-order valence-corrected chi connectivity index (χ3v) is 1.69. The lowest BCUT2D eigenvalue weighted by Gasteiger charge is -2.27. The zero-order chi connectivity index (χ0) is 12.9. The van der Waals surface area contributed by atoms with Gasteiger partial charge in [0.05, 0.1) is 1.37 Å². The van der Waals surface area contributed by atoms with Crippen LogP contribution in [-0.2, 0) is 0 Å². The first-order valence-corrected chi connectivity index (χ1v) is 4.08. The van der Waals surface area contributed by atoms with Crippen molar-refractivity contribution in [1.82, 2.24) is 10.3 Å². The molecule has 0 atom stereocenters. The van der Waals surface area contributed by atoms with E-state index in [1.54, 1.807) is 12.1 Å². The number of nitrogens with one attached hydrogen (secondary N) is 1. The zero-order valence-electron chi connectivity index (χ0n) is 11.0. The van der Waals surface area contributed by atoms with Crippen LogP contribution in [0.2, 0.25) is 0 Å². The molecule has 64 valence electrons. The molecule has 1 saturated heterocycles. The van der Waals surface area contributed by atoms with Gasteiger partial charge in [0.15, 0.2) is 0 Å². The lowest BCUT2D eigenvalue weighted by atomic mass is 10.2. The van der Waals surface area contributed by atoms with Gasteiger partial charge in [-0.05, 0) is 22.0 Å². The van der Waals surface area contributed by atoms with Crippen LogP contribution in [0.15, 0.2) is 22.8 Å². The molecule has 0 radical (unpaired) electrons. The first kappa shape index (κ1) is 4.07. The van der Waals surface area contributed by atoms with Gasteiger partial charge in [-0.3, -0.25) is 0 Å². The normalized spacial score (nSPS) is 34.2. The van der Waals surface area contributed by atoms with Crippen molar-refractivity contribution in [3.8, 4) is 5.88 Å². The topological polar surface area (TPSA) is 34.1 Å². The number of hydrogen-bond acceptors (Lipinski definition) is 3. The number of aromatic nitrogens is 1. The summed E-state index contributed by atoms with van der Waals surface area (Å²) >= 11 is 3.11. The fourth-order valence-corrected chi connectivity index (χ4v) is 1.04. The molecule has 12 heavy (non-hydrogen) atoms. The Labute approximate surface area is 86.3 Å². The molecule has 3 nitrogen and oxygen atoms in total. The molecule has 0 bridgehead atoms. The fraction of sp³-hybridized carbons (Fsp3) is 0.375. The van der Waals surface area contributed by atoms with Crippen molar-refractivity contribution in [3.63, 3.8) is 0 Å². The minimum absolute atomic E-state index is 0.0105. The van der Waals surface area contributed by atoms with Crippen LogP contribution in [0.5, 0.6) is 5.88 Å². The third kappa shape index (κ3) is 1.76. The van der Waals surface area contributed by atoms with Crippen molar-refractivity contribution < 1.29 is 11.6 Å². The quantitative estimate of drug-likeness (QED) is 0.780. The zero-order valence-corrected chi connectivity index (χ0v) is 7.55. The summed E-state index contributed by atoms with van der Waals surface area (Å²) in [6, 6.07) is 4.68. The van der Waals surface area contributed by atoms with Crippen molar-refractivity contribution in [1.29, 1.82) is 0 Å². The highest BCUT2D eigenvalue weighted by Crippen LogP contribution is 2.14. The van der Waals surface area contributed by atoms with E-state index in [0.717, 1.165) is 0 Å². The Balaban J connectivity index is 2.28. The van der Waals surface area contributed by atoms with Gasteiger partial charge in [0.2, 0.25) is 5.88 Å². The molecule has 1 N–H and O–H groups in total. The highest BCUT2D eigenvalue weighted by molar-refractivity contribution is 9.10. The molecule has 1 aliphatic heterocycles. The minimum Gasteiger partial charge on any atom is -0.472 e. The van der Waals surface area contributed by atoms with Crippen LogP contribution in [0.3, 0.4) is 0 Å². The summed E-state index contributed by atoms with van der Waals surface area (Å²) in [5, 5.41) is 2.00. The fourth-order valence-electron chi connectivity index (χ4n) is 0.716. The summed E-state index contributed by atoms with van der Waals surface area (Å²) in [5.41, 5.74) is 0. The minimum atomic E-state index is -2.37. The average molecular weight is 234 g/mol. The molecule has 4 heteroatoms. The van der Waals surface area contributed by atoms with Crippen LogP contribution in [-0.4, -0.2) is 24.1 Å². The van der Waals surface area contributed by atoms with Crippen molar-refractivity contribution >= 4 is 15.9 Å². The van der Waals surface area contributed by atoms with Gasteiger partial charge in [0, 0.05) is 24.5 Å². The van der Waals surface area contributed by atoms with E-state index in [1.165, 1.54) is 6.07 Å². The molecule has 2 rings (SSSR count). The van der Waals surface area contributed by atoms with Crippen LogP contribution in [0, 0.1) is 0 Å². The third-order valence-electron chi connectivity index (χ3n) is 1.25. The molecule has 0 aliphatic carbocycles. The monoisotopic (exact) mass is 233 g/mol. The summed E-state index contributed by atoms with van der Waals surface area (Å²) in [4.78, 5) is 3.88. The summed E-state index contributed by atoms with van der Waals surface area (Å²) in [5.74, 6) is -0.0105. The van der Waals surface area contributed by atoms with Crippen LogP contribution < -0.4 is 10.1 Å². The smallest absolute Gasteiger partial charge is 0.214 e. The molecule has 0 saturated carbocycles. The van der Waals surface area contributed by atoms with Crippen LogP contribution in [0.4, 0.5) is 0 Å². The summed E-state index contributed by atoms with van der Waals surface area (Å²) < 4.78 is 43.1. The lowest BCUT2D eigenvalue weighted by Crippen LogP contribution is -2.50. The van der Waals surface area contributed by atoms with Gasteiger partial charge in [-0.1, -0.05) is 6.07 Å². The molecule has 0 aromatic carbocycles. The Morgan fingerprint density at radius 2 is 2.58 bits per heavy atom. The number of hydrogen-bond donors (Lipinski definition) is 1. The number of ether oxygens (including phenoxy) is 1. The van der Waals surface area contributed by atoms with E-state index in [-0.39, 0.29) is 5.88 Å². The molecule has 0 spiro atoms. The van der Waals surface area contributed by atoms with E-state index in [1.807, 2.05) is 5.32 Å². The van der Waals surface area contributed by atoms with E-state index in [0.29, 0.717) is 4.60 Å². The molecule has 1 aromatic heterocycles. The van der Waals surface area contributed by atoms with Crippen molar-refractivity contribution in [2.24, 2.45) is 0 Å². The largest absolute Gasteiger partial charge is 0.472 e. The molecule has 0 unspecified atom stereocenters. The standard InChI is InChI=1S/C8H9BrN2O/c9-7-2-1-3-8(11-7)12-6-4-10-5-6/h1-3,6,10H,4-5H2/i4D2,5D2,6D. The number of halogens is 1. The molecular weight excluding hydrogens is 220 g/mol. The second kappa shape index (κ2) is 3.41. The number of nitrogens with zero attached hydrogens (tertiary/aromatic N) is 1. The van der Waals surface area contributed by atoms with E-state index < -0.39 is 19.1 Å². The molecule has 1 aromatic rings. The second-order valence-electron chi connectivity index (χ2n) is 2.10. The summed E-state index contributed by atoms with van der Waals surface area (Å²) in [6.07, 6.45) is -2.37. The van der Waals surface area contributed by atoms with Gasteiger partial charge in [-0.15, -0.1) is 0 Å². The first-order valence-electron chi connectivity index (χ1n) is 5.79. The van der Waals surface area contributed by atoms with Crippen LogP contribution in [0.1, 0.15) is 6.85 Å². The van der Waals surface area contributed by atoms with Gasteiger partial charge in [-0.2, -0.15) is 0 Å². The highest BCUT2D eigenvalue weighted by atomic mass is 79.9. The van der Waals surface area contributed by atoms with Gasteiger partial charge >= 0.3 is 0 Å². The van der Waals surface area contributed by atoms with Gasteiger partial charge < -0.3 is 10.1 Å². The number of pyridine rings is 1. The Kier molecular flexibility index (Phi) is 1.16. The lowest BCUT2D eigenvalue weighted by molar-refractivity contribution is 0.136. The average Bonchev–Trinajstić information content (AvgIpc) is 2.15. The van der Waals surface area contributed by atoms with Gasteiger partial charge in [0.1, 0.15) is 10.7 Å². The maximum Gasteiger partial charge on any atom is 0.214 e. The molecule has 2 heterocycles. The van der Waals surface area contributed by atoms with E-state index in [2.05, 4.69) is 20.9 Å². The first-order chi connectivity index (χ1) is 7.68. The second-order valence-corrected chi connectivity index (χ2v) is 2.92. The SMILES string of the molecule is [2H]C1([2H])NC([2H])([2H])C1([2H])Oc1cccc(Br)n1. The maximum absolute atomic E-state index is 7.79. The Morgan fingerprint density at radius 1 is 1.75 bits per heavy atom. The predicted molar refractivity (Wildman–Crippen MR) is 49.2 cm³/mol. The Morgan fingerprint density at radius 3 is 3.25 bits per heavy atom. The van der Waals surface area contributed by atoms with Crippen molar-refractivity contribution in [2.75, 3.05) is 13.0 Å². The van der Waals surface area contributed by atoms with Crippen LogP contribution >= 0.6 is 15.9 Å². The summed E-state index contributed by atoms with van der Waals surface area (Å²) in [6.45, 7) is -4.55. The predicted octanol–water partition coefficient (Wildman–Crippen LogP) is 1.19. The van der Waals surface area contributed by atoms with Gasteiger partial charge in [0.25, 0.3) is 0 Å². The highest BCUT2D eigenvalue weighted by Gasteiger charge is 2.18. The molecule has 0 amide bonds. The molecule has 1 aliphatic rings.